The van der Waals surface area contributed by atoms with E-state index >= 15 is 0 Å². The van der Waals surface area contributed by atoms with Gasteiger partial charge in [-0.05, 0) is 24.3 Å². The van der Waals surface area contributed by atoms with Crippen LogP contribution in [0.4, 0.5) is 11.6 Å². The van der Waals surface area contributed by atoms with E-state index < -0.39 is 0 Å². The van der Waals surface area contributed by atoms with Crippen molar-refractivity contribution in [2.45, 2.75) is 19.9 Å². The van der Waals surface area contributed by atoms with Gasteiger partial charge >= 0.3 is 0 Å². The van der Waals surface area contributed by atoms with Crippen molar-refractivity contribution >= 4 is 23.2 Å². The zero-order chi connectivity index (χ0) is 21.9. The van der Waals surface area contributed by atoms with Crippen LogP contribution in [0.25, 0.3) is 17.2 Å². The zero-order valence-electron chi connectivity index (χ0n) is 17.9. The van der Waals surface area contributed by atoms with Gasteiger partial charge in [0.05, 0.1) is 6.26 Å². The lowest BCUT2D eigenvalue weighted by Crippen LogP contribution is -2.46. The van der Waals surface area contributed by atoms with Gasteiger partial charge in [-0.15, -0.1) is 5.10 Å². The fourth-order valence-corrected chi connectivity index (χ4v) is 3.88. The molecule has 1 aliphatic heterocycles. The van der Waals surface area contributed by atoms with Gasteiger partial charge in [0.1, 0.15) is 0 Å². The normalized spacial score (nSPS) is 14.7. The molecule has 1 fully saturated rings. The van der Waals surface area contributed by atoms with E-state index in [0.717, 1.165) is 31.7 Å². The molecule has 0 radical (unpaired) electrons. The van der Waals surface area contributed by atoms with Crippen molar-refractivity contribution in [3.8, 4) is 11.6 Å². The molecule has 1 amide bonds. The Kier molecular flexibility index (Phi) is 5.55. The second-order valence-corrected chi connectivity index (χ2v) is 7.76. The van der Waals surface area contributed by atoms with Crippen LogP contribution < -0.4 is 10.2 Å². The number of furan rings is 1. The molecule has 32 heavy (non-hydrogen) atoms. The molecule has 0 saturated carbocycles. The van der Waals surface area contributed by atoms with Crippen molar-refractivity contribution < 1.29 is 9.21 Å². The number of aromatic nitrogens is 4. The highest BCUT2D eigenvalue weighted by Gasteiger charge is 2.21. The minimum absolute atomic E-state index is 0.126. The number of nitrogens with one attached hydrogen (secondary N) is 1. The Bertz CT molecular complexity index is 1200. The monoisotopic (exact) mass is 431 g/mol. The van der Waals surface area contributed by atoms with Crippen molar-refractivity contribution in [2.24, 2.45) is 0 Å². The number of rotatable bonds is 6. The summed E-state index contributed by atoms with van der Waals surface area (Å²) in [6, 6.07) is 14.1. The van der Waals surface area contributed by atoms with E-state index in [1.165, 1.54) is 5.69 Å². The highest BCUT2D eigenvalue weighted by Crippen LogP contribution is 2.22. The number of carbonyl (C=O) groups is 1. The maximum absolute atomic E-state index is 12.0. The van der Waals surface area contributed by atoms with Gasteiger partial charge in [0.25, 0.3) is 0 Å². The van der Waals surface area contributed by atoms with E-state index in [1.54, 1.807) is 30.0 Å². The maximum atomic E-state index is 12.0. The minimum Gasteiger partial charge on any atom is -0.461 e. The molecule has 4 heterocycles. The molecule has 5 rings (SSSR count). The molecule has 0 unspecified atom stereocenters. The summed E-state index contributed by atoms with van der Waals surface area (Å²) >= 11 is 0. The fraction of sp³-hybridized carbons (Fsp3) is 0.304. The van der Waals surface area contributed by atoms with Gasteiger partial charge in [-0.25, -0.2) is 9.97 Å². The largest absolute Gasteiger partial charge is 0.461 e. The van der Waals surface area contributed by atoms with Crippen LogP contribution >= 0.6 is 0 Å². The average Bonchev–Trinajstić information content (AvgIpc) is 3.52. The summed E-state index contributed by atoms with van der Waals surface area (Å²) in [5, 5.41) is 7.36. The molecular weight excluding hydrogens is 406 g/mol. The number of nitrogens with zero attached hydrogens (tertiary/aromatic N) is 6. The number of para-hydroxylation sites is 1. The molecule has 1 aromatic carbocycles. The molecule has 164 valence electrons. The molecule has 9 heteroatoms. The van der Waals surface area contributed by atoms with E-state index in [0.29, 0.717) is 36.1 Å². The Morgan fingerprint density at radius 1 is 1.09 bits per heavy atom. The van der Waals surface area contributed by atoms with Crippen molar-refractivity contribution in [1.82, 2.24) is 24.5 Å². The predicted octanol–water partition coefficient (Wildman–Crippen LogP) is 3.06. The Morgan fingerprint density at radius 3 is 2.62 bits per heavy atom. The van der Waals surface area contributed by atoms with Gasteiger partial charge in [-0.3, -0.25) is 15.0 Å². The number of hydrogen-bond acceptors (Lipinski definition) is 7. The fourth-order valence-electron chi connectivity index (χ4n) is 3.88. The Hall–Kier alpha value is -3.72. The highest BCUT2D eigenvalue weighted by atomic mass is 16.3. The van der Waals surface area contributed by atoms with Gasteiger partial charge in [-0.1, -0.05) is 25.1 Å². The molecule has 0 aliphatic carbocycles. The maximum Gasteiger partial charge on any atom is 0.232 e. The van der Waals surface area contributed by atoms with Crippen LogP contribution in [0.3, 0.4) is 0 Å². The number of anilines is 2. The number of amides is 1. The molecule has 1 N–H and O–H groups in total. The first-order valence-corrected chi connectivity index (χ1v) is 10.8. The standard InChI is InChI=1S/C23H25N7O2/c1-2-20(31)25-23-24-15-17(22-26-21(27-30(22)23)19-9-6-14-32-19)16-28-10-12-29(13-11-28)18-7-4-3-5-8-18/h3-9,14-15H,2,10-13,16H2,1H3,(H,24,25,31). The van der Waals surface area contributed by atoms with Gasteiger partial charge in [0.2, 0.25) is 17.7 Å². The molecular formula is C23H25N7O2. The van der Waals surface area contributed by atoms with Gasteiger partial charge in [-0.2, -0.15) is 4.52 Å². The van der Waals surface area contributed by atoms with E-state index in [1.807, 2.05) is 12.1 Å². The van der Waals surface area contributed by atoms with Crippen LogP contribution in [-0.4, -0.2) is 56.6 Å². The SMILES string of the molecule is CCC(=O)Nc1ncc(CN2CCN(c3ccccc3)CC2)c2nc(-c3ccco3)nn12. The molecule has 3 aromatic heterocycles. The van der Waals surface area contributed by atoms with Crippen LogP contribution in [0.5, 0.6) is 0 Å². The minimum atomic E-state index is -0.126. The third-order valence-electron chi connectivity index (χ3n) is 5.64. The van der Waals surface area contributed by atoms with E-state index in [-0.39, 0.29) is 5.91 Å². The molecule has 9 nitrogen and oxygen atoms in total. The van der Waals surface area contributed by atoms with Crippen LogP contribution in [0.15, 0.2) is 59.3 Å². The third kappa shape index (κ3) is 4.06. The van der Waals surface area contributed by atoms with E-state index in [2.05, 4.69) is 49.5 Å². The van der Waals surface area contributed by atoms with E-state index in [4.69, 9.17) is 9.40 Å². The van der Waals surface area contributed by atoms with Gasteiger partial charge < -0.3 is 9.32 Å². The Labute approximate surface area is 185 Å². The summed E-state index contributed by atoms with van der Waals surface area (Å²) in [7, 11) is 0. The topological polar surface area (TPSA) is 91.8 Å². The van der Waals surface area contributed by atoms with Crippen molar-refractivity contribution in [2.75, 3.05) is 36.4 Å². The first-order chi connectivity index (χ1) is 15.7. The summed E-state index contributed by atoms with van der Waals surface area (Å²) in [5.74, 6) is 1.27. The quantitative estimate of drug-likeness (QED) is 0.502. The van der Waals surface area contributed by atoms with Gasteiger partial charge in [0.15, 0.2) is 11.4 Å². The van der Waals surface area contributed by atoms with Crippen LogP contribution in [0.2, 0.25) is 0 Å². The molecule has 1 aliphatic rings. The zero-order valence-corrected chi connectivity index (χ0v) is 17.9. The lowest BCUT2D eigenvalue weighted by atomic mass is 10.2. The summed E-state index contributed by atoms with van der Waals surface area (Å²) in [4.78, 5) is 25.9. The summed E-state index contributed by atoms with van der Waals surface area (Å²) < 4.78 is 7.07. The van der Waals surface area contributed by atoms with Crippen molar-refractivity contribution in [3.63, 3.8) is 0 Å². The molecule has 0 spiro atoms. The Morgan fingerprint density at radius 2 is 1.91 bits per heavy atom. The smallest absolute Gasteiger partial charge is 0.232 e. The van der Waals surface area contributed by atoms with Crippen LogP contribution in [0, 0.1) is 0 Å². The second-order valence-electron chi connectivity index (χ2n) is 7.76. The van der Waals surface area contributed by atoms with Crippen LogP contribution in [-0.2, 0) is 11.3 Å². The number of fused-ring (bicyclic) bond motifs is 1. The summed E-state index contributed by atoms with van der Waals surface area (Å²) in [6.45, 7) is 6.30. The number of benzene rings is 1. The molecule has 0 atom stereocenters. The summed E-state index contributed by atoms with van der Waals surface area (Å²) in [6.07, 6.45) is 3.73. The lowest BCUT2D eigenvalue weighted by molar-refractivity contribution is -0.115. The summed E-state index contributed by atoms with van der Waals surface area (Å²) in [5.41, 5.74) is 2.88. The average molecular weight is 432 g/mol. The number of piperazine rings is 1. The van der Waals surface area contributed by atoms with E-state index in [9.17, 15) is 4.79 Å². The molecule has 0 bridgehead atoms. The molecule has 4 aromatic rings. The Balaban J connectivity index is 1.39. The predicted molar refractivity (Wildman–Crippen MR) is 121 cm³/mol. The third-order valence-corrected chi connectivity index (χ3v) is 5.64. The van der Waals surface area contributed by atoms with Crippen molar-refractivity contribution in [3.05, 3.63) is 60.5 Å². The first-order valence-electron chi connectivity index (χ1n) is 10.8. The highest BCUT2D eigenvalue weighted by molar-refractivity contribution is 5.89. The lowest BCUT2D eigenvalue weighted by Gasteiger charge is -2.36. The van der Waals surface area contributed by atoms with Gasteiger partial charge in [0, 0.05) is 56.6 Å². The second kappa shape index (κ2) is 8.80. The van der Waals surface area contributed by atoms with Crippen molar-refractivity contribution in [1.29, 1.82) is 0 Å². The number of hydrogen-bond donors (Lipinski definition) is 1. The van der Waals surface area contributed by atoms with Crippen LogP contribution in [0.1, 0.15) is 18.9 Å². The number of carbonyl (C=O) groups excluding carboxylic acids is 1. The first kappa shape index (κ1) is 20.2. The molecule has 1 saturated heterocycles.